The summed E-state index contributed by atoms with van der Waals surface area (Å²) < 4.78 is 15.3. The zero-order valence-corrected chi connectivity index (χ0v) is 14.1. The molecule has 0 fully saturated rings. The molecule has 2 N–H and O–H groups in total. The highest BCUT2D eigenvalue weighted by Crippen LogP contribution is 2.21. The van der Waals surface area contributed by atoms with E-state index in [9.17, 15) is 24.5 Å². The van der Waals surface area contributed by atoms with Crippen molar-refractivity contribution in [2.75, 3.05) is 6.61 Å². The predicted molar refractivity (Wildman–Crippen MR) is 95.2 cm³/mol. The van der Waals surface area contributed by atoms with Gasteiger partial charge in [0.25, 0.3) is 11.6 Å². The van der Waals surface area contributed by atoms with E-state index in [1.54, 1.807) is 0 Å². The second-order valence-electron chi connectivity index (χ2n) is 5.53. The molecule has 3 rings (SSSR count). The Labute approximate surface area is 156 Å². The Morgan fingerprint density at radius 1 is 1.07 bits per heavy atom. The standard InChI is InChI=1S/C18H12N2O8/c19-17(22)14-7-10-1-4-13(8-15(10)28-18(14)23)27-16(21)9-26-12-5-2-11(3-6-12)20(24)25/h1-8H,9H2,(H2,19,22). The fourth-order valence-electron chi connectivity index (χ4n) is 2.29. The van der Waals surface area contributed by atoms with Crippen LogP contribution in [-0.4, -0.2) is 23.4 Å². The number of primary amides is 1. The van der Waals surface area contributed by atoms with Gasteiger partial charge in [-0.25, -0.2) is 9.59 Å². The first kappa shape index (κ1) is 18.6. The molecule has 28 heavy (non-hydrogen) atoms. The van der Waals surface area contributed by atoms with E-state index in [0.717, 1.165) is 0 Å². The highest BCUT2D eigenvalue weighted by molar-refractivity contribution is 5.95. The summed E-state index contributed by atoms with van der Waals surface area (Å²) in [5.74, 6) is -1.30. The molecular formula is C18H12N2O8. The molecule has 1 heterocycles. The third-order valence-electron chi connectivity index (χ3n) is 3.61. The number of carbonyl (C=O) groups excluding carboxylic acids is 2. The minimum absolute atomic E-state index is 0.0970. The molecule has 1 amide bonds. The van der Waals surface area contributed by atoms with Crippen LogP contribution in [0, 0.1) is 10.1 Å². The van der Waals surface area contributed by atoms with Crippen LogP contribution < -0.4 is 20.8 Å². The van der Waals surface area contributed by atoms with Crippen LogP contribution in [-0.2, 0) is 4.79 Å². The van der Waals surface area contributed by atoms with Crippen LogP contribution in [0.1, 0.15) is 10.4 Å². The number of esters is 1. The van der Waals surface area contributed by atoms with Crippen molar-refractivity contribution >= 4 is 28.5 Å². The lowest BCUT2D eigenvalue weighted by molar-refractivity contribution is -0.384. The Hall–Kier alpha value is -4.21. The van der Waals surface area contributed by atoms with Gasteiger partial charge < -0.3 is 19.6 Å². The summed E-state index contributed by atoms with van der Waals surface area (Å²) >= 11 is 0. The zero-order valence-electron chi connectivity index (χ0n) is 14.1. The summed E-state index contributed by atoms with van der Waals surface area (Å²) in [6.07, 6.45) is 0. The zero-order chi connectivity index (χ0) is 20.3. The van der Waals surface area contributed by atoms with Crippen LogP contribution >= 0.6 is 0 Å². The summed E-state index contributed by atoms with van der Waals surface area (Å²) in [6.45, 7) is -0.444. The third kappa shape index (κ3) is 4.12. The van der Waals surface area contributed by atoms with E-state index in [2.05, 4.69) is 0 Å². The fraction of sp³-hybridized carbons (Fsp3) is 0.0556. The second-order valence-corrected chi connectivity index (χ2v) is 5.53. The molecule has 0 unspecified atom stereocenters. The van der Waals surface area contributed by atoms with Gasteiger partial charge in [0.15, 0.2) is 6.61 Å². The van der Waals surface area contributed by atoms with Crippen LogP contribution in [0.15, 0.2) is 57.7 Å². The highest BCUT2D eigenvalue weighted by atomic mass is 16.6. The summed E-state index contributed by atoms with van der Waals surface area (Å²) in [4.78, 5) is 44.8. The second kappa shape index (κ2) is 7.58. The molecule has 0 saturated heterocycles. The average molecular weight is 384 g/mol. The van der Waals surface area contributed by atoms with Crippen molar-refractivity contribution in [3.63, 3.8) is 0 Å². The number of nitro benzene ring substituents is 1. The Bertz CT molecular complexity index is 1130. The summed E-state index contributed by atoms with van der Waals surface area (Å²) in [5.41, 5.74) is 3.91. The Balaban J connectivity index is 1.67. The first-order valence-electron chi connectivity index (χ1n) is 7.79. The summed E-state index contributed by atoms with van der Waals surface area (Å²) in [6, 6.07) is 10.7. The topological polar surface area (TPSA) is 152 Å². The quantitative estimate of drug-likeness (QED) is 0.222. The minimum atomic E-state index is -0.908. The van der Waals surface area contributed by atoms with E-state index < -0.39 is 29.0 Å². The number of ether oxygens (including phenoxy) is 2. The normalized spacial score (nSPS) is 10.4. The number of fused-ring (bicyclic) bond motifs is 1. The molecule has 142 valence electrons. The summed E-state index contributed by atoms with van der Waals surface area (Å²) in [7, 11) is 0. The Morgan fingerprint density at radius 3 is 2.39 bits per heavy atom. The molecule has 0 aliphatic carbocycles. The number of nitrogens with two attached hydrogens (primary N) is 1. The van der Waals surface area contributed by atoms with Crippen LogP contribution in [0.3, 0.4) is 0 Å². The van der Waals surface area contributed by atoms with Gasteiger partial charge in [-0.15, -0.1) is 0 Å². The first-order valence-corrected chi connectivity index (χ1v) is 7.79. The molecule has 0 spiro atoms. The molecule has 10 nitrogen and oxygen atoms in total. The third-order valence-corrected chi connectivity index (χ3v) is 3.61. The van der Waals surface area contributed by atoms with Crippen LogP contribution in [0.25, 0.3) is 11.0 Å². The molecule has 0 atom stereocenters. The van der Waals surface area contributed by atoms with E-state index in [1.807, 2.05) is 0 Å². The van der Waals surface area contributed by atoms with Gasteiger partial charge in [0.05, 0.1) is 4.92 Å². The number of hydrogen-bond donors (Lipinski definition) is 1. The number of hydrogen-bond acceptors (Lipinski definition) is 8. The molecule has 0 aliphatic rings. The van der Waals surface area contributed by atoms with Gasteiger partial charge in [0.2, 0.25) is 0 Å². The number of rotatable bonds is 6. The molecule has 0 saturated carbocycles. The van der Waals surface area contributed by atoms with E-state index in [-0.39, 0.29) is 28.3 Å². The Kier molecular flexibility index (Phi) is 5.03. The smallest absolute Gasteiger partial charge is 0.349 e. The van der Waals surface area contributed by atoms with Crippen molar-refractivity contribution in [3.8, 4) is 11.5 Å². The largest absolute Gasteiger partial charge is 0.482 e. The number of amides is 1. The van der Waals surface area contributed by atoms with Crippen LogP contribution in [0.4, 0.5) is 5.69 Å². The van der Waals surface area contributed by atoms with Gasteiger partial charge in [-0.1, -0.05) is 0 Å². The van der Waals surface area contributed by atoms with Gasteiger partial charge in [-0.2, -0.15) is 0 Å². The number of carbonyl (C=O) groups is 2. The van der Waals surface area contributed by atoms with Gasteiger partial charge in [-0.3, -0.25) is 14.9 Å². The van der Waals surface area contributed by atoms with E-state index in [1.165, 1.54) is 48.5 Å². The van der Waals surface area contributed by atoms with Gasteiger partial charge in [0, 0.05) is 23.6 Å². The Morgan fingerprint density at radius 2 is 1.75 bits per heavy atom. The van der Waals surface area contributed by atoms with Crippen LogP contribution in [0.5, 0.6) is 11.5 Å². The molecule has 1 aromatic heterocycles. The number of non-ortho nitro benzene ring substituents is 1. The molecule has 2 aromatic carbocycles. The minimum Gasteiger partial charge on any atom is -0.482 e. The van der Waals surface area contributed by atoms with Crippen LogP contribution in [0.2, 0.25) is 0 Å². The molecule has 0 bridgehead atoms. The lowest BCUT2D eigenvalue weighted by Gasteiger charge is -2.07. The molecule has 0 radical (unpaired) electrons. The predicted octanol–water partition coefficient (Wildman–Crippen LogP) is 1.78. The lowest BCUT2D eigenvalue weighted by Crippen LogP contribution is -2.20. The summed E-state index contributed by atoms with van der Waals surface area (Å²) in [5, 5.41) is 11.0. The molecule has 10 heteroatoms. The van der Waals surface area contributed by atoms with Crippen molar-refractivity contribution in [2.45, 2.75) is 0 Å². The maximum Gasteiger partial charge on any atom is 0.349 e. The van der Waals surface area contributed by atoms with Gasteiger partial charge in [-0.05, 0) is 30.3 Å². The average Bonchev–Trinajstić information content (AvgIpc) is 2.65. The fourth-order valence-corrected chi connectivity index (χ4v) is 2.29. The van der Waals surface area contributed by atoms with Crippen molar-refractivity contribution < 1.29 is 28.4 Å². The molecule has 0 aliphatic heterocycles. The lowest BCUT2D eigenvalue weighted by atomic mass is 10.2. The molecule has 3 aromatic rings. The number of nitrogens with zero attached hydrogens (tertiary/aromatic N) is 1. The highest BCUT2D eigenvalue weighted by Gasteiger charge is 2.13. The van der Waals surface area contributed by atoms with Crippen molar-refractivity contribution in [3.05, 3.63) is 74.6 Å². The maximum atomic E-state index is 11.9. The maximum absolute atomic E-state index is 11.9. The SMILES string of the molecule is NC(=O)c1cc2ccc(OC(=O)COc3ccc([N+](=O)[O-])cc3)cc2oc1=O. The van der Waals surface area contributed by atoms with Crippen molar-refractivity contribution in [2.24, 2.45) is 5.73 Å². The van der Waals surface area contributed by atoms with E-state index >= 15 is 0 Å². The number of nitro groups is 1. The first-order chi connectivity index (χ1) is 13.3. The van der Waals surface area contributed by atoms with E-state index in [4.69, 9.17) is 19.6 Å². The van der Waals surface area contributed by atoms with Gasteiger partial charge in [0.1, 0.15) is 22.6 Å². The van der Waals surface area contributed by atoms with Crippen molar-refractivity contribution in [1.82, 2.24) is 0 Å². The van der Waals surface area contributed by atoms with Gasteiger partial charge >= 0.3 is 11.6 Å². The van der Waals surface area contributed by atoms with Crippen molar-refractivity contribution in [1.29, 1.82) is 0 Å². The monoisotopic (exact) mass is 384 g/mol. The molecular weight excluding hydrogens is 372 g/mol. The number of benzene rings is 2. The van der Waals surface area contributed by atoms with E-state index in [0.29, 0.717) is 5.39 Å².